The van der Waals surface area contributed by atoms with Crippen molar-refractivity contribution >= 4 is 22.2 Å². The van der Waals surface area contributed by atoms with Crippen LogP contribution in [0.3, 0.4) is 0 Å². The third-order valence-electron chi connectivity index (χ3n) is 2.51. The summed E-state index contributed by atoms with van der Waals surface area (Å²) in [5, 5.41) is 27.0. The molecule has 1 amide bonds. The van der Waals surface area contributed by atoms with Gasteiger partial charge in [-0.15, -0.1) is 0 Å². The highest BCUT2D eigenvalue weighted by atomic mass is 32.1. The van der Waals surface area contributed by atoms with Crippen LogP contribution >= 0.6 is 11.3 Å². The highest BCUT2D eigenvalue weighted by Crippen LogP contribution is 2.22. The first-order valence-corrected chi connectivity index (χ1v) is 5.82. The van der Waals surface area contributed by atoms with Crippen LogP contribution in [0.15, 0.2) is 11.4 Å². The minimum absolute atomic E-state index is 0.0702. The highest BCUT2D eigenvalue weighted by Gasteiger charge is 2.34. The van der Waals surface area contributed by atoms with Crippen molar-refractivity contribution in [2.45, 2.75) is 5.60 Å². The molecule has 0 radical (unpaired) electrons. The number of amides is 1. The molecule has 7 nitrogen and oxygen atoms in total. The predicted molar refractivity (Wildman–Crippen MR) is 61.1 cm³/mol. The molecule has 0 saturated carbocycles. The van der Waals surface area contributed by atoms with Crippen molar-refractivity contribution < 1.29 is 14.8 Å². The van der Waals surface area contributed by atoms with Crippen LogP contribution in [0.2, 0.25) is 0 Å². The number of nitrogens with zero attached hydrogens (tertiary/aromatic N) is 1. The molecule has 0 atom stereocenters. The molecule has 17 heavy (non-hydrogen) atoms. The largest absolute Gasteiger partial charge is 0.385 e. The standard InChI is InChI=1S/C9H11N3O4S/c13-8(11-5-9(14)3-10-4-9)6-1-7(12(15)16)17-2-6/h1-2,10,14H,3-5H2,(H,11,13). The van der Waals surface area contributed by atoms with Gasteiger partial charge in [0.25, 0.3) is 5.91 Å². The molecule has 0 aliphatic carbocycles. The molecule has 2 rings (SSSR count). The number of hydrogen-bond donors (Lipinski definition) is 3. The molecule has 1 aromatic heterocycles. The maximum absolute atomic E-state index is 11.6. The molecule has 0 unspecified atom stereocenters. The summed E-state index contributed by atoms with van der Waals surface area (Å²) in [7, 11) is 0. The molecule has 8 heteroatoms. The number of hydrogen-bond acceptors (Lipinski definition) is 6. The van der Waals surface area contributed by atoms with Crippen molar-refractivity contribution in [3.63, 3.8) is 0 Å². The van der Waals surface area contributed by atoms with Crippen molar-refractivity contribution in [1.82, 2.24) is 10.6 Å². The summed E-state index contributed by atoms with van der Waals surface area (Å²) in [5.74, 6) is -0.408. The quantitative estimate of drug-likeness (QED) is 0.508. The Morgan fingerprint density at radius 3 is 2.88 bits per heavy atom. The van der Waals surface area contributed by atoms with Crippen molar-refractivity contribution in [1.29, 1.82) is 0 Å². The number of thiophene rings is 1. The number of carbonyl (C=O) groups excluding carboxylic acids is 1. The molecule has 1 aliphatic heterocycles. The van der Waals surface area contributed by atoms with E-state index in [0.29, 0.717) is 13.1 Å². The Morgan fingerprint density at radius 2 is 2.41 bits per heavy atom. The summed E-state index contributed by atoms with van der Waals surface area (Å²) in [5.41, 5.74) is -0.643. The molecule has 1 saturated heterocycles. The maximum atomic E-state index is 11.6. The molecular weight excluding hydrogens is 246 g/mol. The molecule has 2 heterocycles. The maximum Gasteiger partial charge on any atom is 0.324 e. The Balaban J connectivity index is 1.92. The molecule has 1 aliphatic rings. The minimum atomic E-state index is -0.891. The van der Waals surface area contributed by atoms with Crippen LogP contribution < -0.4 is 10.6 Å². The minimum Gasteiger partial charge on any atom is -0.385 e. The van der Waals surface area contributed by atoms with E-state index in [1.807, 2.05) is 0 Å². The molecule has 0 aromatic carbocycles. The molecule has 92 valence electrons. The third-order valence-corrected chi connectivity index (χ3v) is 3.39. The molecule has 3 N–H and O–H groups in total. The van der Waals surface area contributed by atoms with Gasteiger partial charge in [0.1, 0.15) is 5.60 Å². The third kappa shape index (κ3) is 2.60. The first-order chi connectivity index (χ1) is 8.00. The molecule has 0 spiro atoms. The Bertz CT molecular complexity index is 455. The topological polar surface area (TPSA) is 104 Å². The van der Waals surface area contributed by atoms with Crippen molar-refractivity contribution in [3.8, 4) is 0 Å². The Morgan fingerprint density at radius 1 is 1.71 bits per heavy atom. The van der Waals surface area contributed by atoms with Gasteiger partial charge in [-0.1, -0.05) is 11.3 Å². The van der Waals surface area contributed by atoms with Gasteiger partial charge in [-0.2, -0.15) is 0 Å². The smallest absolute Gasteiger partial charge is 0.324 e. The average Bonchev–Trinajstić information content (AvgIpc) is 2.72. The summed E-state index contributed by atoms with van der Waals surface area (Å²) >= 11 is 0.904. The van der Waals surface area contributed by atoms with Crippen LogP contribution in [-0.4, -0.2) is 41.2 Å². The fourth-order valence-corrected chi connectivity index (χ4v) is 2.13. The van der Waals surface area contributed by atoms with Gasteiger partial charge >= 0.3 is 5.00 Å². The van der Waals surface area contributed by atoms with E-state index >= 15 is 0 Å². The summed E-state index contributed by atoms with van der Waals surface area (Å²) < 4.78 is 0. The zero-order valence-electron chi connectivity index (χ0n) is 8.80. The van der Waals surface area contributed by atoms with Crippen LogP contribution in [0, 0.1) is 10.1 Å². The SMILES string of the molecule is O=C(NCC1(O)CNC1)c1csc([N+](=O)[O-])c1. The van der Waals surface area contributed by atoms with Gasteiger partial charge in [-0.25, -0.2) is 0 Å². The van der Waals surface area contributed by atoms with E-state index in [2.05, 4.69) is 10.6 Å². The molecule has 0 bridgehead atoms. The van der Waals surface area contributed by atoms with Gasteiger partial charge in [0.15, 0.2) is 0 Å². The Hall–Kier alpha value is -1.51. The van der Waals surface area contributed by atoms with Gasteiger partial charge in [0, 0.05) is 31.1 Å². The summed E-state index contributed by atoms with van der Waals surface area (Å²) in [6.45, 7) is 1.02. The van der Waals surface area contributed by atoms with E-state index in [1.54, 1.807) is 0 Å². The number of β-amino-alcohol motifs (C(OH)–C–C–N with tert-alkyl or cyclic N) is 1. The first-order valence-electron chi connectivity index (χ1n) is 4.94. The van der Waals surface area contributed by atoms with Crippen LogP contribution in [-0.2, 0) is 0 Å². The number of nitrogens with one attached hydrogen (secondary N) is 2. The number of nitro groups is 1. The van der Waals surface area contributed by atoms with Crippen LogP contribution in [0.4, 0.5) is 5.00 Å². The zero-order chi connectivity index (χ0) is 12.5. The first kappa shape index (κ1) is 12.0. The summed E-state index contributed by atoms with van der Waals surface area (Å²) in [6.07, 6.45) is 0. The van der Waals surface area contributed by atoms with E-state index in [9.17, 15) is 20.0 Å². The van der Waals surface area contributed by atoms with Gasteiger partial charge in [-0.05, 0) is 0 Å². The van der Waals surface area contributed by atoms with E-state index < -0.39 is 16.4 Å². The Kier molecular flexibility index (Phi) is 3.09. The molecular formula is C9H11N3O4S. The summed E-state index contributed by atoms with van der Waals surface area (Å²) in [6, 6.07) is 1.23. The normalized spacial score (nSPS) is 17.2. The fourth-order valence-electron chi connectivity index (χ4n) is 1.43. The second-order valence-corrected chi connectivity index (χ2v) is 4.83. The van der Waals surface area contributed by atoms with E-state index in [1.165, 1.54) is 11.4 Å². The van der Waals surface area contributed by atoms with Gasteiger partial charge < -0.3 is 15.7 Å². The van der Waals surface area contributed by atoms with E-state index in [4.69, 9.17) is 0 Å². The lowest BCUT2D eigenvalue weighted by Gasteiger charge is -2.37. The Labute approximate surface area is 101 Å². The van der Waals surface area contributed by atoms with Crippen LogP contribution in [0.5, 0.6) is 0 Å². The number of aliphatic hydroxyl groups is 1. The highest BCUT2D eigenvalue weighted by molar-refractivity contribution is 7.13. The van der Waals surface area contributed by atoms with Gasteiger partial charge in [0.2, 0.25) is 0 Å². The molecule has 1 fully saturated rings. The van der Waals surface area contributed by atoms with Crippen molar-refractivity contribution in [2.24, 2.45) is 0 Å². The molecule has 1 aromatic rings. The van der Waals surface area contributed by atoms with Crippen LogP contribution in [0.1, 0.15) is 10.4 Å². The van der Waals surface area contributed by atoms with Crippen molar-refractivity contribution in [2.75, 3.05) is 19.6 Å². The van der Waals surface area contributed by atoms with E-state index in [0.717, 1.165) is 11.3 Å². The second-order valence-electron chi connectivity index (χ2n) is 3.94. The monoisotopic (exact) mass is 257 g/mol. The van der Waals surface area contributed by atoms with Gasteiger partial charge in [-0.3, -0.25) is 14.9 Å². The van der Waals surface area contributed by atoms with E-state index in [-0.39, 0.29) is 17.1 Å². The van der Waals surface area contributed by atoms with Crippen LogP contribution in [0.25, 0.3) is 0 Å². The summed E-state index contributed by atoms with van der Waals surface area (Å²) in [4.78, 5) is 21.5. The lowest BCUT2D eigenvalue weighted by molar-refractivity contribution is -0.380. The lowest BCUT2D eigenvalue weighted by Crippen LogP contribution is -2.64. The second kappa shape index (κ2) is 4.40. The van der Waals surface area contributed by atoms with Gasteiger partial charge in [0.05, 0.1) is 10.5 Å². The zero-order valence-corrected chi connectivity index (χ0v) is 9.62. The number of rotatable bonds is 4. The predicted octanol–water partition coefficient (Wildman–Crippen LogP) is -0.280. The fraction of sp³-hybridized carbons (Fsp3) is 0.444. The average molecular weight is 257 g/mol. The lowest BCUT2D eigenvalue weighted by atomic mass is 9.97. The number of carbonyl (C=O) groups is 1. The van der Waals surface area contributed by atoms with Crippen molar-refractivity contribution in [3.05, 3.63) is 27.1 Å².